The molecule has 148 valence electrons. The van der Waals surface area contributed by atoms with Crippen molar-refractivity contribution < 1.29 is 4.79 Å². The van der Waals surface area contributed by atoms with Gasteiger partial charge < -0.3 is 0 Å². The van der Waals surface area contributed by atoms with Gasteiger partial charge in [0, 0.05) is 12.3 Å². The van der Waals surface area contributed by atoms with Gasteiger partial charge in [0.25, 0.3) is 0 Å². The molecule has 0 heterocycles. The number of rotatable bonds is 4. The molecule has 1 atom stereocenters. The molecule has 0 amide bonds. The van der Waals surface area contributed by atoms with Crippen LogP contribution in [0.3, 0.4) is 0 Å². The first kappa shape index (κ1) is 19.6. The Morgan fingerprint density at radius 2 is 1.83 bits per heavy atom. The summed E-state index contributed by atoms with van der Waals surface area (Å²) in [5.74, 6) is 0.582. The lowest BCUT2D eigenvalue weighted by atomic mass is 9.81. The second kappa shape index (κ2) is 7.30. The zero-order chi connectivity index (χ0) is 20.8. The van der Waals surface area contributed by atoms with Crippen LogP contribution >= 0.6 is 0 Å². The molecular weight excluding hydrogens is 352 g/mol. The summed E-state index contributed by atoms with van der Waals surface area (Å²) in [6.07, 6.45) is 8.54. The molecule has 0 fully saturated rings. The van der Waals surface area contributed by atoms with E-state index in [4.69, 9.17) is 0 Å². The Morgan fingerprint density at radius 1 is 1.03 bits per heavy atom. The van der Waals surface area contributed by atoms with Crippen LogP contribution in [0.2, 0.25) is 0 Å². The van der Waals surface area contributed by atoms with Crippen LogP contribution in [-0.2, 0) is 16.6 Å². The maximum atomic E-state index is 11.5. The van der Waals surface area contributed by atoms with Gasteiger partial charge in [-0.1, -0.05) is 87.0 Å². The fourth-order valence-corrected chi connectivity index (χ4v) is 4.70. The predicted molar refractivity (Wildman–Crippen MR) is 123 cm³/mol. The first-order valence-corrected chi connectivity index (χ1v) is 10.5. The summed E-state index contributed by atoms with van der Waals surface area (Å²) in [4.78, 5) is 11.5. The minimum absolute atomic E-state index is 0.142. The van der Waals surface area contributed by atoms with Crippen LogP contribution in [-0.4, -0.2) is 5.78 Å². The molecule has 2 aliphatic carbocycles. The van der Waals surface area contributed by atoms with Gasteiger partial charge in [0.05, 0.1) is 0 Å². The molecule has 0 saturated carbocycles. The number of carbonyl (C=O) groups is 1. The van der Waals surface area contributed by atoms with E-state index in [-0.39, 0.29) is 11.2 Å². The van der Waals surface area contributed by atoms with E-state index in [1.807, 2.05) is 6.07 Å². The monoisotopic (exact) mass is 382 g/mol. The lowest BCUT2D eigenvalue weighted by Crippen LogP contribution is -2.13. The highest BCUT2D eigenvalue weighted by molar-refractivity contribution is 5.85. The second-order valence-corrected chi connectivity index (χ2v) is 9.57. The number of hydrogen-bond donors (Lipinski definition) is 0. The van der Waals surface area contributed by atoms with Crippen LogP contribution in [0.25, 0.3) is 11.1 Å². The lowest BCUT2D eigenvalue weighted by molar-refractivity contribution is -0.116. The third-order valence-corrected chi connectivity index (χ3v) is 6.10. The highest BCUT2D eigenvalue weighted by Crippen LogP contribution is 2.46. The average Bonchev–Trinajstić information content (AvgIpc) is 3.22. The van der Waals surface area contributed by atoms with Crippen molar-refractivity contribution in [2.24, 2.45) is 5.92 Å². The van der Waals surface area contributed by atoms with Gasteiger partial charge in [-0.15, -0.1) is 0 Å². The van der Waals surface area contributed by atoms with Gasteiger partial charge in [-0.25, -0.2) is 0 Å². The fourth-order valence-electron chi connectivity index (χ4n) is 4.70. The highest BCUT2D eigenvalue weighted by atomic mass is 16.1. The summed E-state index contributed by atoms with van der Waals surface area (Å²) >= 11 is 0. The second-order valence-electron chi connectivity index (χ2n) is 9.57. The van der Waals surface area contributed by atoms with Crippen molar-refractivity contribution in [1.82, 2.24) is 0 Å². The van der Waals surface area contributed by atoms with Gasteiger partial charge in [0.2, 0.25) is 0 Å². The van der Waals surface area contributed by atoms with Crippen molar-refractivity contribution in [1.29, 1.82) is 0 Å². The van der Waals surface area contributed by atoms with Crippen LogP contribution in [0.1, 0.15) is 61.9 Å². The third-order valence-electron chi connectivity index (χ3n) is 6.10. The Bertz CT molecular complexity index is 1070. The number of hydrogen-bond acceptors (Lipinski definition) is 1. The maximum absolute atomic E-state index is 11.5. The quantitative estimate of drug-likeness (QED) is 0.565. The summed E-state index contributed by atoms with van der Waals surface area (Å²) in [7, 11) is 0. The Kier molecular flexibility index (Phi) is 4.94. The molecule has 2 aromatic rings. The number of fused-ring (bicyclic) bond motifs is 1. The Morgan fingerprint density at radius 3 is 2.55 bits per heavy atom. The average molecular weight is 383 g/mol. The molecular formula is C28H30O. The predicted octanol–water partition coefficient (Wildman–Crippen LogP) is 6.85. The topological polar surface area (TPSA) is 17.1 Å². The van der Waals surface area contributed by atoms with E-state index in [9.17, 15) is 4.79 Å². The smallest absolute Gasteiger partial charge is 0.134 e. The first-order chi connectivity index (χ1) is 13.7. The highest BCUT2D eigenvalue weighted by Gasteiger charge is 2.29. The largest absolute Gasteiger partial charge is 0.300 e. The summed E-state index contributed by atoms with van der Waals surface area (Å²) in [6.45, 7) is 10.7. The van der Waals surface area contributed by atoms with Gasteiger partial charge in [-0.2, -0.15) is 0 Å². The van der Waals surface area contributed by atoms with E-state index in [1.165, 1.54) is 39.0 Å². The number of ketones is 1. The van der Waals surface area contributed by atoms with Crippen molar-refractivity contribution in [3.63, 3.8) is 0 Å². The summed E-state index contributed by atoms with van der Waals surface area (Å²) in [5.41, 5.74) is 10.9. The molecule has 0 bridgehead atoms. The maximum Gasteiger partial charge on any atom is 0.134 e. The lowest BCUT2D eigenvalue weighted by Gasteiger charge is -2.23. The van der Waals surface area contributed by atoms with Gasteiger partial charge in [0.1, 0.15) is 5.78 Å². The van der Waals surface area contributed by atoms with Crippen molar-refractivity contribution in [2.45, 2.75) is 52.9 Å². The Labute approximate surface area is 174 Å². The van der Waals surface area contributed by atoms with E-state index < -0.39 is 0 Å². The fraction of sp³-hybridized carbons (Fsp3) is 0.321. The molecule has 0 spiro atoms. The Hall–Kier alpha value is -2.67. The van der Waals surface area contributed by atoms with E-state index in [0.717, 1.165) is 12.0 Å². The number of benzene rings is 2. The molecule has 2 aromatic carbocycles. The van der Waals surface area contributed by atoms with E-state index in [0.29, 0.717) is 12.3 Å². The number of Topliss-reactive ketones (excluding diaryl/α,β-unsaturated/α-hetero) is 1. The van der Waals surface area contributed by atoms with Gasteiger partial charge in [0.15, 0.2) is 0 Å². The summed E-state index contributed by atoms with van der Waals surface area (Å²) in [6, 6.07) is 15.4. The molecule has 1 heteroatoms. The van der Waals surface area contributed by atoms with Crippen LogP contribution in [0.15, 0.2) is 66.3 Å². The summed E-state index contributed by atoms with van der Waals surface area (Å²) < 4.78 is 0. The van der Waals surface area contributed by atoms with Gasteiger partial charge in [-0.3, -0.25) is 4.79 Å². The van der Waals surface area contributed by atoms with Crippen LogP contribution in [0.4, 0.5) is 0 Å². The molecule has 0 radical (unpaired) electrons. The SMILES string of the molecule is CC(=O)Cc1cccc(C2=CC3C(=CC=C3c3ccc(C)c(C(C)(C)C)c3)C2)c1. The van der Waals surface area contributed by atoms with E-state index >= 15 is 0 Å². The standard InChI is InChI=1S/C28H30O/c1-18-9-10-23(17-27(18)28(3,4)5)25-12-11-22-15-24(16-26(22)25)21-8-6-7-20(14-21)13-19(2)29/h6-12,14,16-17,26H,13,15H2,1-5H3. The number of carbonyl (C=O) groups excluding carboxylic acids is 1. The third kappa shape index (κ3) is 3.92. The zero-order valence-corrected chi connectivity index (χ0v) is 18.2. The van der Waals surface area contributed by atoms with Crippen LogP contribution in [0, 0.1) is 12.8 Å². The van der Waals surface area contributed by atoms with Crippen LogP contribution < -0.4 is 0 Å². The van der Waals surface area contributed by atoms with Crippen molar-refractivity contribution in [3.05, 3.63) is 94.1 Å². The van der Waals surface area contributed by atoms with E-state index in [1.54, 1.807) is 6.92 Å². The van der Waals surface area contributed by atoms with Gasteiger partial charge >= 0.3 is 0 Å². The minimum atomic E-state index is 0.142. The molecule has 0 saturated heterocycles. The van der Waals surface area contributed by atoms with E-state index in [2.05, 4.69) is 82.3 Å². The molecule has 4 rings (SSSR count). The van der Waals surface area contributed by atoms with Crippen molar-refractivity contribution in [2.75, 3.05) is 0 Å². The first-order valence-electron chi connectivity index (χ1n) is 10.5. The molecule has 0 aromatic heterocycles. The van der Waals surface area contributed by atoms with Crippen LogP contribution in [0.5, 0.6) is 0 Å². The summed E-state index contributed by atoms with van der Waals surface area (Å²) in [5, 5.41) is 0. The van der Waals surface area contributed by atoms with Crippen molar-refractivity contribution >= 4 is 16.9 Å². The Balaban J connectivity index is 1.64. The van der Waals surface area contributed by atoms with Crippen molar-refractivity contribution in [3.8, 4) is 0 Å². The molecule has 0 N–H and O–H groups in total. The molecule has 0 aliphatic heterocycles. The van der Waals surface area contributed by atoms with Gasteiger partial charge in [-0.05, 0) is 64.6 Å². The molecule has 29 heavy (non-hydrogen) atoms. The molecule has 2 aliphatic rings. The number of aryl methyl sites for hydroxylation is 1. The number of allylic oxidation sites excluding steroid dienone is 6. The zero-order valence-electron chi connectivity index (χ0n) is 18.2. The molecule has 1 unspecified atom stereocenters. The minimum Gasteiger partial charge on any atom is -0.300 e. The molecule has 1 nitrogen and oxygen atoms in total. The normalized spacial score (nSPS) is 18.2.